The third-order valence-corrected chi connectivity index (χ3v) is 6.96. The summed E-state index contributed by atoms with van der Waals surface area (Å²) in [5.41, 5.74) is 6.33. The lowest BCUT2D eigenvalue weighted by atomic mass is 10.1. The van der Waals surface area contributed by atoms with Crippen molar-refractivity contribution in [3.63, 3.8) is 0 Å². The Labute approximate surface area is 229 Å². The fraction of sp³-hybridized carbons (Fsp3) is 0.143. The van der Waals surface area contributed by atoms with E-state index in [9.17, 15) is 0 Å². The first-order valence-electron chi connectivity index (χ1n) is 13.5. The molecule has 0 aliphatic carbocycles. The zero-order valence-corrected chi connectivity index (χ0v) is 22.3. The molecular formula is C35H32N2O2+2. The summed E-state index contributed by atoms with van der Waals surface area (Å²) < 4.78 is 3.95. The van der Waals surface area contributed by atoms with E-state index in [1.165, 1.54) is 0 Å². The van der Waals surface area contributed by atoms with Crippen molar-refractivity contribution >= 4 is 21.8 Å². The first-order valence-corrected chi connectivity index (χ1v) is 13.5. The van der Waals surface area contributed by atoms with E-state index < -0.39 is 0 Å². The minimum Gasteiger partial charge on any atom is -0.267 e. The predicted octanol–water partition coefficient (Wildman–Crippen LogP) is 6.63. The van der Waals surface area contributed by atoms with E-state index in [2.05, 4.69) is 135 Å². The Morgan fingerprint density at radius 3 is 1.28 bits per heavy atom. The van der Waals surface area contributed by atoms with Gasteiger partial charge in [-0.2, -0.15) is 0 Å². The van der Waals surface area contributed by atoms with E-state index in [0.29, 0.717) is 6.42 Å². The average Bonchev–Trinajstić information content (AvgIpc) is 2.98. The van der Waals surface area contributed by atoms with Gasteiger partial charge in [0.1, 0.15) is 0 Å². The van der Waals surface area contributed by atoms with Crippen LogP contribution in [0.4, 0.5) is 0 Å². The largest absolute Gasteiger partial charge is 0.267 e. The molecule has 4 nitrogen and oxygen atoms in total. The lowest BCUT2D eigenvalue weighted by Crippen LogP contribution is -2.53. The Hall–Kier alpha value is -4.70. The van der Waals surface area contributed by atoms with Crippen molar-refractivity contribution in [3.8, 4) is 22.5 Å². The highest BCUT2D eigenvalue weighted by Crippen LogP contribution is 2.21. The van der Waals surface area contributed by atoms with E-state index in [0.717, 1.165) is 44.3 Å². The number of para-hydroxylation sites is 2. The highest BCUT2D eigenvalue weighted by Gasteiger charge is 2.27. The summed E-state index contributed by atoms with van der Waals surface area (Å²) in [6, 6.07) is 45.9. The maximum Gasteiger partial charge on any atom is 0.265 e. The number of benzene rings is 4. The van der Waals surface area contributed by atoms with Crippen LogP contribution in [0.25, 0.3) is 44.3 Å². The Bertz CT molecular complexity index is 1590. The van der Waals surface area contributed by atoms with Crippen molar-refractivity contribution in [1.29, 1.82) is 0 Å². The van der Waals surface area contributed by atoms with Gasteiger partial charge in [0.2, 0.25) is 0 Å². The van der Waals surface area contributed by atoms with Crippen molar-refractivity contribution in [2.45, 2.75) is 32.5 Å². The number of rotatable bonds is 8. The lowest BCUT2D eigenvalue weighted by molar-refractivity contribution is -0.878. The van der Waals surface area contributed by atoms with Crippen LogP contribution in [0.15, 0.2) is 133 Å². The number of nitrogens with zero attached hydrogens (tertiary/aromatic N) is 2. The van der Waals surface area contributed by atoms with Crippen molar-refractivity contribution in [3.05, 3.63) is 133 Å². The third kappa shape index (κ3) is 5.19. The molecule has 2 heterocycles. The van der Waals surface area contributed by atoms with Crippen LogP contribution in [-0.2, 0) is 0 Å². The molecule has 0 N–H and O–H groups in total. The second-order valence-electron chi connectivity index (χ2n) is 9.94. The van der Waals surface area contributed by atoms with Gasteiger partial charge in [0, 0.05) is 40.1 Å². The zero-order valence-electron chi connectivity index (χ0n) is 22.3. The maximum atomic E-state index is 6.65. The predicted molar refractivity (Wildman–Crippen MR) is 156 cm³/mol. The number of hydrogen-bond donors (Lipinski definition) is 0. The van der Waals surface area contributed by atoms with Gasteiger partial charge in [0.05, 0.1) is 21.9 Å². The van der Waals surface area contributed by atoms with E-state index in [4.69, 9.17) is 9.68 Å². The number of fused-ring (bicyclic) bond motifs is 2. The molecule has 0 radical (unpaired) electrons. The fourth-order valence-corrected chi connectivity index (χ4v) is 5.14. The van der Waals surface area contributed by atoms with Crippen LogP contribution >= 0.6 is 0 Å². The van der Waals surface area contributed by atoms with Gasteiger partial charge in [0.15, 0.2) is 12.2 Å². The van der Waals surface area contributed by atoms with Crippen LogP contribution in [-0.4, -0.2) is 12.2 Å². The molecule has 4 aromatic carbocycles. The lowest BCUT2D eigenvalue weighted by Gasteiger charge is -2.16. The molecule has 4 heteroatoms. The Balaban J connectivity index is 1.30. The van der Waals surface area contributed by atoms with Crippen molar-refractivity contribution in [2.75, 3.05) is 0 Å². The molecule has 0 saturated heterocycles. The Morgan fingerprint density at radius 2 is 0.846 bits per heavy atom. The molecular weight excluding hydrogens is 480 g/mol. The molecule has 6 rings (SSSR count). The van der Waals surface area contributed by atoms with Gasteiger partial charge in [0.25, 0.3) is 22.4 Å². The van der Waals surface area contributed by atoms with Gasteiger partial charge in [-0.25, -0.2) is 0 Å². The van der Waals surface area contributed by atoms with E-state index in [-0.39, 0.29) is 12.2 Å². The van der Waals surface area contributed by atoms with Gasteiger partial charge >= 0.3 is 0 Å². The van der Waals surface area contributed by atoms with E-state index in [1.54, 1.807) is 0 Å². The van der Waals surface area contributed by atoms with Crippen LogP contribution < -0.4 is 19.1 Å². The molecule has 192 valence electrons. The number of aromatic nitrogens is 2. The van der Waals surface area contributed by atoms with Gasteiger partial charge < -0.3 is 0 Å². The molecule has 0 saturated carbocycles. The molecule has 2 aromatic heterocycles. The molecule has 0 amide bonds. The third-order valence-electron chi connectivity index (χ3n) is 6.96. The zero-order chi connectivity index (χ0) is 26.6. The summed E-state index contributed by atoms with van der Waals surface area (Å²) in [6.45, 7) is 4.21. The highest BCUT2D eigenvalue weighted by molar-refractivity contribution is 5.78. The molecule has 0 bridgehead atoms. The first kappa shape index (κ1) is 24.6. The Kier molecular flexibility index (Phi) is 6.92. The molecule has 0 spiro atoms. The van der Waals surface area contributed by atoms with Crippen LogP contribution in [0.2, 0.25) is 0 Å². The summed E-state index contributed by atoms with van der Waals surface area (Å²) in [4.78, 5) is 13.3. The highest BCUT2D eigenvalue weighted by atomic mass is 16.7. The molecule has 2 atom stereocenters. The number of pyridine rings is 2. The Morgan fingerprint density at radius 1 is 0.462 bits per heavy atom. The summed E-state index contributed by atoms with van der Waals surface area (Å²) in [5.74, 6) is 0. The normalized spacial score (nSPS) is 12.8. The van der Waals surface area contributed by atoms with Crippen molar-refractivity contribution in [1.82, 2.24) is 0 Å². The van der Waals surface area contributed by atoms with Gasteiger partial charge in [-0.15, -0.1) is 0 Å². The summed E-state index contributed by atoms with van der Waals surface area (Å²) in [7, 11) is 0. The van der Waals surface area contributed by atoms with Gasteiger partial charge in [-0.1, -0.05) is 60.7 Å². The molecule has 2 unspecified atom stereocenters. The van der Waals surface area contributed by atoms with Crippen LogP contribution in [0.3, 0.4) is 0 Å². The summed E-state index contributed by atoms with van der Waals surface area (Å²) in [5, 5.41) is 2.26. The van der Waals surface area contributed by atoms with Crippen molar-refractivity contribution in [2.24, 2.45) is 0 Å². The SMILES string of the molecule is CC(CC(C)O[n+]1c(-c2ccccc2)ccc2ccccc21)O[n+]1c(-c2ccccc2)ccc2ccccc21. The van der Waals surface area contributed by atoms with Gasteiger partial charge in [-0.3, -0.25) is 9.68 Å². The molecule has 6 aromatic rings. The quantitative estimate of drug-likeness (QED) is 0.214. The molecule has 0 aliphatic rings. The van der Waals surface area contributed by atoms with E-state index >= 15 is 0 Å². The standard InChI is InChI=1S/C35H32N2O2/c1-26(38-36-32-19-11-9-17-30(32)21-23-34(36)28-13-5-3-6-14-28)25-27(2)39-37-33-20-12-10-18-31(33)22-24-35(37)29-15-7-4-8-16-29/h3-24,26-27H,25H2,1-2H3/q+2. The molecule has 39 heavy (non-hydrogen) atoms. The van der Waals surface area contributed by atoms with Crippen LogP contribution in [0.5, 0.6) is 0 Å². The monoisotopic (exact) mass is 512 g/mol. The van der Waals surface area contributed by atoms with Crippen LogP contribution in [0, 0.1) is 0 Å². The first-order chi connectivity index (χ1) is 19.2. The second kappa shape index (κ2) is 11.0. The minimum absolute atomic E-state index is 0.103. The topological polar surface area (TPSA) is 26.2 Å². The molecule has 0 aliphatic heterocycles. The number of hydrogen-bond acceptors (Lipinski definition) is 2. The maximum absolute atomic E-state index is 6.65. The molecule has 0 fully saturated rings. The van der Waals surface area contributed by atoms with E-state index in [1.807, 2.05) is 21.6 Å². The minimum atomic E-state index is -0.103. The summed E-state index contributed by atoms with van der Waals surface area (Å²) >= 11 is 0. The average molecular weight is 513 g/mol. The second-order valence-corrected chi connectivity index (χ2v) is 9.94. The van der Waals surface area contributed by atoms with Crippen molar-refractivity contribution < 1.29 is 19.1 Å². The fourth-order valence-electron chi connectivity index (χ4n) is 5.14. The van der Waals surface area contributed by atoms with Gasteiger partial charge in [-0.05, 0) is 62.4 Å². The van der Waals surface area contributed by atoms with Crippen LogP contribution in [0.1, 0.15) is 20.3 Å². The summed E-state index contributed by atoms with van der Waals surface area (Å²) in [6.07, 6.45) is 0.498. The smallest absolute Gasteiger partial charge is 0.265 e.